The molecule has 0 aliphatic heterocycles. The van der Waals surface area contributed by atoms with E-state index in [1.165, 1.54) is 0 Å². The Morgan fingerprint density at radius 3 is 2.14 bits per heavy atom. The van der Waals surface area contributed by atoms with Gasteiger partial charge in [-0.3, -0.25) is 4.79 Å². The minimum absolute atomic E-state index is 0. The Labute approximate surface area is 72.1 Å². The van der Waals surface area contributed by atoms with E-state index in [2.05, 4.69) is 0 Å². The topological polar surface area (TPSA) is 37.3 Å². The smallest absolute Gasteiger partial charge is 0.303 e. The largest absolute Gasteiger partial charge is 0.481 e. The Balaban J connectivity index is 0. The molecule has 0 aromatic rings. The summed E-state index contributed by atoms with van der Waals surface area (Å²) in [6.45, 7) is 1.84. The molecule has 3 heteroatoms. The molecule has 0 aromatic heterocycles. The maximum absolute atomic E-state index is 9.60. The summed E-state index contributed by atoms with van der Waals surface area (Å²) in [5, 5.41) is 7.91. The van der Waals surface area contributed by atoms with Gasteiger partial charge in [0.15, 0.2) is 0 Å². The maximum Gasteiger partial charge on any atom is 0.303 e. The van der Waals surface area contributed by atoms with Gasteiger partial charge in [0.1, 0.15) is 0 Å². The van der Waals surface area contributed by atoms with Crippen molar-refractivity contribution in [1.29, 1.82) is 0 Å². The normalized spacial score (nSPS) is 7.00. The number of hydrogen-bond donors (Lipinski definition) is 1. The second kappa shape index (κ2) is 6.70. The van der Waals surface area contributed by atoms with Crippen molar-refractivity contribution >= 4 is 5.97 Å². The van der Waals surface area contributed by atoms with E-state index in [1.54, 1.807) is 0 Å². The molecule has 1 radical (unpaired) electrons. The van der Waals surface area contributed by atoms with E-state index in [-0.39, 0.29) is 36.9 Å². The zero-order valence-electron chi connectivity index (χ0n) is 4.05. The van der Waals surface area contributed by atoms with Gasteiger partial charge in [0.25, 0.3) is 0 Å². The van der Waals surface area contributed by atoms with Gasteiger partial charge in [-0.05, 0) is 6.42 Å². The third-order valence-corrected chi connectivity index (χ3v) is 0.464. The van der Waals surface area contributed by atoms with Gasteiger partial charge in [-0.25, -0.2) is 0 Å². The zero-order chi connectivity index (χ0) is 4.99. The monoisotopic (exact) mass is 257 g/mol. The third-order valence-electron chi connectivity index (χ3n) is 0.464. The molecule has 0 unspecified atom stereocenters. The number of carbonyl (C=O) groups is 1. The Morgan fingerprint density at radius 1 is 1.71 bits per heavy atom. The molecule has 0 bridgehead atoms. The molecular formula is C4H8O2Tm. The molecular weight excluding hydrogens is 249 g/mol. The average Bonchev–Trinajstić information content (AvgIpc) is 1.35. The number of rotatable bonds is 2. The van der Waals surface area contributed by atoms with Gasteiger partial charge in [-0.2, -0.15) is 0 Å². The molecule has 0 aliphatic rings. The van der Waals surface area contributed by atoms with Crippen molar-refractivity contribution in [2.45, 2.75) is 19.8 Å². The minimum atomic E-state index is -0.711. The molecule has 7 heavy (non-hydrogen) atoms. The van der Waals surface area contributed by atoms with Crippen LogP contribution in [0.4, 0.5) is 0 Å². The molecule has 0 fully saturated rings. The van der Waals surface area contributed by atoms with Crippen LogP contribution >= 0.6 is 0 Å². The van der Waals surface area contributed by atoms with Gasteiger partial charge in [0.2, 0.25) is 0 Å². The van der Waals surface area contributed by atoms with E-state index in [4.69, 9.17) is 5.11 Å². The van der Waals surface area contributed by atoms with Crippen LogP contribution in [-0.4, -0.2) is 11.1 Å². The van der Waals surface area contributed by atoms with Crippen LogP contribution in [0.5, 0.6) is 0 Å². The minimum Gasteiger partial charge on any atom is -0.481 e. The van der Waals surface area contributed by atoms with E-state index in [0.717, 1.165) is 6.42 Å². The number of carboxylic acids is 1. The third kappa shape index (κ3) is 10.8. The average molecular weight is 257 g/mol. The Kier molecular flexibility index (Phi) is 10.2. The quantitative estimate of drug-likeness (QED) is 0.797. The first-order chi connectivity index (χ1) is 2.77. The molecule has 2 nitrogen and oxygen atoms in total. The van der Waals surface area contributed by atoms with Crippen molar-refractivity contribution in [1.82, 2.24) is 0 Å². The first-order valence-corrected chi connectivity index (χ1v) is 1.99. The summed E-state index contributed by atoms with van der Waals surface area (Å²) in [5.41, 5.74) is 0. The van der Waals surface area contributed by atoms with Crippen LogP contribution in [0.1, 0.15) is 19.8 Å². The number of carboxylic acid groups (broad SMARTS) is 1. The van der Waals surface area contributed by atoms with Gasteiger partial charge in [0, 0.05) is 43.3 Å². The summed E-state index contributed by atoms with van der Waals surface area (Å²) in [6, 6.07) is 0. The summed E-state index contributed by atoms with van der Waals surface area (Å²) in [5.74, 6) is -0.711. The van der Waals surface area contributed by atoms with E-state index in [0.29, 0.717) is 6.42 Å². The van der Waals surface area contributed by atoms with Crippen LogP contribution in [0.25, 0.3) is 0 Å². The molecule has 0 saturated heterocycles. The summed E-state index contributed by atoms with van der Waals surface area (Å²) >= 11 is 0. The molecule has 49 valence electrons. The van der Waals surface area contributed by atoms with Gasteiger partial charge in [0.05, 0.1) is 0 Å². The Bertz CT molecular complexity index is 53.7. The van der Waals surface area contributed by atoms with Crippen LogP contribution < -0.4 is 0 Å². The summed E-state index contributed by atoms with van der Waals surface area (Å²) in [6.07, 6.45) is 1.02. The van der Waals surface area contributed by atoms with Gasteiger partial charge in [-0.15, -0.1) is 0 Å². The summed E-state index contributed by atoms with van der Waals surface area (Å²) in [4.78, 5) is 9.60. The molecule has 0 amide bonds. The van der Waals surface area contributed by atoms with Gasteiger partial charge < -0.3 is 5.11 Å². The van der Waals surface area contributed by atoms with Gasteiger partial charge >= 0.3 is 5.97 Å². The Hall–Kier alpha value is 0.704. The zero-order valence-corrected chi connectivity index (χ0v) is 5.83. The van der Waals surface area contributed by atoms with Crippen molar-refractivity contribution in [2.24, 2.45) is 0 Å². The Morgan fingerprint density at radius 2 is 2.14 bits per heavy atom. The number of aliphatic carboxylic acids is 1. The fraction of sp³-hybridized carbons (Fsp3) is 0.750. The molecule has 0 heterocycles. The van der Waals surface area contributed by atoms with Gasteiger partial charge in [-0.1, -0.05) is 6.92 Å². The van der Waals surface area contributed by atoms with Crippen LogP contribution in [0, 0.1) is 36.9 Å². The second-order valence-corrected chi connectivity index (χ2v) is 1.14. The van der Waals surface area contributed by atoms with Crippen molar-refractivity contribution in [2.75, 3.05) is 0 Å². The molecule has 0 rings (SSSR count). The molecule has 0 aliphatic carbocycles. The molecule has 0 aromatic carbocycles. The van der Waals surface area contributed by atoms with Crippen LogP contribution in [-0.2, 0) is 4.79 Å². The van der Waals surface area contributed by atoms with E-state index >= 15 is 0 Å². The van der Waals surface area contributed by atoms with E-state index in [1.807, 2.05) is 6.92 Å². The van der Waals surface area contributed by atoms with Crippen LogP contribution in [0.15, 0.2) is 0 Å². The fourth-order valence-corrected chi connectivity index (χ4v) is 0.214. The van der Waals surface area contributed by atoms with Crippen molar-refractivity contribution in [3.63, 3.8) is 0 Å². The molecule has 0 spiro atoms. The van der Waals surface area contributed by atoms with Crippen molar-refractivity contribution < 1.29 is 46.8 Å². The van der Waals surface area contributed by atoms with E-state index < -0.39 is 5.97 Å². The predicted molar refractivity (Wildman–Crippen MR) is 22.5 cm³/mol. The maximum atomic E-state index is 9.60. The second-order valence-electron chi connectivity index (χ2n) is 1.14. The summed E-state index contributed by atoms with van der Waals surface area (Å²) < 4.78 is 0. The number of hydrogen-bond acceptors (Lipinski definition) is 1. The molecule has 1 N–H and O–H groups in total. The van der Waals surface area contributed by atoms with E-state index in [9.17, 15) is 4.79 Å². The summed E-state index contributed by atoms with van der Waals surface area (Å²) in [7, 11) is 0. The molecule has 0 saturated carbocycles. The predicted octanol–water partition coefficient (Wildman–Crippen LogP) is 0.871. The fourth-order valence-electron chi connectivity index (χ4n) is 0.214. The first kappa shape index (κ1) is 10.6. The van der Waals surface area contributed by atoms with Crippen LogP contribution in [0.2, 0.25) is 0 Å². The molecule has 0 atom stereocenters. The first-order valence-electron chi connectivity index (χ1n) is 1.99. The van der Waals surface area contributed by atoms with Crippen LogP contribution in [0.3, 0.4) is 0 Å². The standard InChI is InChI=1S/C4H8O2.Tm/c1-2-3-4(5)6;/h2-3H2,1H3,(H,5,6);. The van der Waals surface area contributed by atoms with Crippen molar-refractivity contribution in [3.05, 3.63) is 0 Å². The van der Waals surface area contributed by atoms with Crippen molar-refractivity contribution in [3.8, 4) is 0 Å². The SMILES string of the molecule is CCCC(=O)O.[Tm].